The van der Waals surface area contributed by atoms with Gasteiger partial charge in [-0.1, -0.05) is 34.1 Å². The fraction of sp³-hybridized carbons (Fsp3) is 0.333. The molecule has 2 aromatic carbocycles. The summed E-state index contributed by atoms with van der Waals surface area (Å²) in [7, 11) is 1.70. The molecule has 3 rings (SSSR count). The fourth-order valence-electron chi connectivity index (χ4n) is 3.05. The Bertz CT molecular complexity index is 624. The Morgan fingerprint density at radius 1 is 1.19 bits per heavy atom. The molecular formula is C18H20BrNO. The van der Waals surface area contributed by atoms with Gasteiger partial charge in [-0.2, -0.15) is 0 Å². The number of ether oxygens (including phenoxy) is 1. The number of benzene rings is 2. The van der Waals surface area contributed by atoms with Crippen LogP contribution in [0, 0.1) is 0 Å². The predicted octanol–water partition coefficient (Wildman–Crippen LogP) is 4.80. The van der Waals surface area contributed by atoms with Crippen molar-refractivity contribution in [1.82, 2.24) is 5.32 Å². The number of nitrogens with one attached hydrogen (secondary N) is 1. The second-order valence-corrected chi connectivity index (χ2v) is 6.51. The first-order valence-electron chi connectivity index (χ1n) is 7.35. The summed E-state index contributed by atoms with van der Waals surface area (Å²) in [5, 5.41) is 3.75. The molecule has 0 bridgehead atoms. The third-order valence-corrected chi connectivity index (χ3v) is 4.74. The molecule has 1 aliphatic rings. The maximum atomic E-state index is 5.22. The van der Waals surface area contributed by atoms with Gasteiger partial charge in [0.25, 0.3) is 0 Å². The van der Waals surface area contributed by atoms with Crippen LogP contribution in [0.4, 0.5) is 0 Å². The Kier molecular flexibility index (Phi) is 4.32. The number of rotatable bonds is 4. The lowest BCUT2D eigenvalue weighted by molar-refractivity contribution is 0.414. The maximum Gasteiger partial charge on any atom is 0.118 e. The minimum atomic E-state index is 0.329. The van der Waals surface area contributed by atoms with Crippen LogP contribution in [0.15, 0.2) is 46.9 Å². The van der Waals surface area contributed by atoms with E-state index in [1.54, 1.807) is 7.11 Å². The van der Waals surface area contributed by atoms with Gasteiger partial charge in [-0.05, 0) is 60.7 Å². The predicted molar refractivity (Wildman–Crippen MR) is 89.7 cm³/mol. The molecule has 2 unspecified atom stereocenters. The van der Waals surface area contributed by atoms with Crippen LogP contribution in [0.25, 0.3) is 0 Å². The molecule has 0 aromatic heterocycles. The first-order valence-corrected chi connectivity index (χ1v) is 8.15. The van der Waals surface area contributed by atoms with Gasteiger partial charge >= 0.3 is 0 Å². The highest BCUT2D eigenvalue weighted by atomic mass is 79.9. The number of hydrogen-bond donors (Lipinski definition) is 1. The van der Waals surface area contributed by atoms with Gasteiger partial charge in [0.05, 0.1) is 7.11 Å². The first kappa shape index (κ1) is 14.6. The van der Waals surface area contributed by atoms with E-state index >= 15 is 0 Å². The summed E-state index contributed by atoms with van der Waals surface area (Å²) >= 11 is 3.55. The highest BCUT2D eigenvalue weighted by molar-refractivity contribution is 9.10. The molecule has 3 heteroatoms. The summed E-state index contributed by atoms with van der Waals surface area (Å²) in [6.45, 7) is 2.22. The molecule has 0 fully saturated rings. The molecule has 0 saturated heterocycles. The second kappa shape index (κ2) is 6.20. The van der Waals surface area contributed by atoms with Gasteiger partial charge in [-0.3, -0.25) is 0 Å². The highest BCUT2D eigenvalue weighted by Crippen LogP contribution is 2.34. The minimum absolute atomic E-state index is 0.329. The Morgan fingerprint density at radius 2 is 1.95 bits per heavy atom. The van der Waals surface area contributed by atoms with Gasteiger partial charge in [-0.25, -0.2) is 0 Å². The molecule has 2 atom stereocenters. The average molecular weight is 346 g/mol. The van der Waals surface area contributed by atoms with E-state index in [4.69, 9.17) is 4.74 Å². The van der Waals surface area contributed by atoms with Crippen LogP contribution in [0.2, 0.25) is 0 Å². The molecular weight excluding hydrogens is 326 g/mol. The smallest absolute Gasteiger partial charge is 0.118 e. The lowest BCUT2D eigenvalue weighted by Crippen LogP contribution is -2.22. The Morgan fingerprint density at radius 3 is 2.67 bits per heavy atom. The highest BCUT2D eigenvalue weighted by Gasteiger charge is 2.23. The zero-order valence-electron chi connectivity index (χ0n) is 12.4. The fourth-order valence-corrected chi connectivity index (χ4v) is 3.46. The van der Waals surface area contributed by atoms with Gasteiger partial charge < -0.3 is 10.1 Å². The van der Waals surface area contributed by atoms with Crippen molar-refractivity contribution < 1.29 is 4.74 Å². The Labute approximate surface area is 134 Å². The van der Waals surface area contributed by atoms with Crippen molar-refractivity contribution in [2.24, 2.45) is 0 Å². The van der Waals surface area contributed by atoms with Crippen LogP contribution >= 0.6 is 15.9 Å². The van der Waals surface area contributed by atoms with E-state index < -0.39 is 0 Å². The summed E-state index contributed by atoms with van der Waals surface area (Å²) in [4.78, 5) is 0. The monoisotopic (exact) mass is 345 g/mol. The molecule has 1 N–H and O–H groups in total. The van der Waals surface area contributed by atoms with Crippen molar-refractivity contribution in [3.8, 4) is 5.75 Å². The van der Waals surface area contributed by atoms with E-state index in [-0.39, 0.29) is 0 Å². The van der Waals surface area contributed by atoms with E-state index in [1.807, 2.05) is 12.1 Å². The van der Waals surface area contributed by atoms with Crippen LogP contribution in [0.5, 0.6) is 5.75 Å². The molecule has 0 radical (unpaired) electrons. The summed E-state index contributed by atoms with van der Waals surface area (Å²) in [6.07, 6.45) is 2.33. The van der Waals surface area contributed by atoms with E-state index in [1.165, 1.54) is 27.6 Å². The molecule has 21 heavy (non-hydrogen) atoms. The number of halogens is 1. The summed E-state index contributed by atoms with van der Waals surface area (Å²) in [5.41, 5.74) is 4.20. The third-order valence-electron chi connectivity index (χ3n) is 4.25. The van der Waals surface area contributed by atoms with E-state index in [2.05, 4.69) is 58.5 Å². The van der Waals surface area contributed by atoms with Gasteiger partial charge in [0, 0.05) is 16.6 Å². The lowest BCUT2D eigenvalue weighted by Gasteiger charge is -2.21. The zero-order chi connectivity index (χ0) is 14.8. The molecule has 110 valence electrons. The molecule has 2 aromatic rings. The van der Waals surface area contributed by atoms with E-state index in [0.29, 0.717) is 12.1 Å². The molecule has 0 aliphatic heterocycles. The largest absolute Gasteiger partial charge is 0.497 e. The van der Waals surface area contributed by atoms with Crippen LogP contribution in [0.3, 0.4) is 0 Å². The van der Waals surface area contributed by atoms with Crippen molar-refractivity contribution in [3.05, 3.63) is 63.6 Å². The average Bonchev–Trinajstić information content (AvgIpc) is 2.89. The van der Waals surface area contributed by atoms with E-state index in [0.717, 1.165) is 12.2 Å². The van der Waals surface area contributed by atoms with E-state index in [9.17, 15) is 0 Å². The SMILES string of the molecule is COc1ccc(C(C)NC2CCc3cc(Br)ccc32)cc1. The third kappa shape index (κ3) is 3.14. The topological polar surface area (TPSA) is 21.3 Å². The van der Waals surface area contributed by atoms with Gasteiger partial charge in [0.2, 0.25) is 0 Å². The van der Waals surface area contributed by atoms with Crippen molar-refractivity contribution >= 4 is 15.9 Å². The van der Waals surface area contributed by atoms with Gasteiger partial charge in [-0.15, -0.1) is 0 Å². The number of hydrogen-bond acceptors (Lipinski definition) is 2. The number of fused-ring (bicyclic) bond motifs is 1. The molecule has 0 amide bonds. The zero-order valence-corrected chi connectivity index (χ0v) is 14.0. The summed E-state index contributed by atoms with van der Waals surface area (Å²) in [5.74, 6) is 0.905. The van der Waals surface area contributed by atoms with Crippen molar-refractivity contribution in [2.75, 3.05) is 7.11 Å². The first-order chi connectivity index (χ1) is 10.2. The van der Waals surface area contributed by atoms with Crippen LogP contribution in [-0.4, -0.2) is 7.11 Å². The molecule has 2 nitrogen and oxygen atoms in total. The van der Waals surface area contributed by atoms with Crippen LogP contribution < -0.4 is 10.1 Å². The van der Waals surface area contributed by atoms with Gasteiger partial charge in [0.15, 0.2) is 0 Å². The Balaban J connectivity index is 1.72. The van der Waals surface area contributed by atoms with Crippen LogP contribution in [-0.2, 0) is 6.42 Å². The lowest BCUT2D eigenvalue weighted by atomic mass is 10.0. The standard InChI is InChI=1S/C18H20BrNO/c1-12(13-3-7-16(21-2)8-4-13)20-18-10-5-14-11-15(19)6-9-17(14)18/h3-4,6-9,11-12,18,20H,5,10H2,1-2H3. The number of aryl methyl sites for hydroxylation is 1. The normalized spacial score (nSPS) is 18.3. The summed E-state index contributed by atoms with van der Waals surface area (Å²) < 4.78 is 6.39. The van der Waals surface area contributed by atoms with Crippen molar-refractivity contribution in [1.29, 1.82) is 0 Å². The minimum Gasteiger partial charge on any atom is -0.497 e. The number of methoxy groups -OCH3 is 1. The Hall–Kier alpha value is -1.32. The summed E-state index contributed by atoms with van der Waals surface area (Å²) in [6, 6.07) is 15.7. The van der Waals surface area contributed by atoms with Crippen molar-refractivity contribution in [2.45, 2.75) is 31.8 Å². The maximum absolute atomic E-state index is 5.22. The molecule has 0 spiro atoms. The molecule has 0 saturated carbocycles. The quantitative estimate of drug-likeness (QED) is 0.859. The van der Waals surface area contributed by atoms with Gasteiger partial charge in [0.1, 0.15) is 5.75 Å². The molecule has 0 heterocycles. The second-order valence-electron chi connectivity index (χ2n) is 5.60. The van der Waals surface area contributed by atoms with Crippen molar-refractivity contribution in [3.63, 3.8) is 0 Å². The van der Waals surface area contributed by atoms with Crippen LogP contribution in [0.1, 0.15) is 42.1 Å². The molecule has 1 aliphatic carbocycles.